The van der Waals surface area contributed by atoms with E-state index < -0.39 is 0 Å². The van der Waals surface area contributed by atoms with Gasteiger partial charge in [0.05, 0.1) is 6.21 Å². The van der Waals surface area contributed by atoms with Crippen LogP contribution < -0.4 is 0 Å². The molecule has 0 aliphatic heterocycles. The van der Waals surface area contributed by atoms with Gasteiger partial charge in [-0.05, 0) is 31.9 Å². The van der Waals surface area contributed by atoms with Gasteiger partial charge in [-0.25, -0.2) is 4.68 Å². The summed E-state index contributed by atoms with van der Waals surface area (Å²) in [6.45, 7) is 5.83. The molecule has 82 valence electrons. The van der Waals surface area contributed by atoms with Gasteiger partial charge in [0, 0.05) is 0 Å². The monoisotopic (exact) mass is 214 g/mol. The van der Waals surface area contributed by atoms with E-state index in [1.54, 1.807) is 4.68 Å². The van der Waals surface area contributed by atoms with Crippen molar-refractivity contribution in [3.63, 3.8) is 0 Å². The molecule has 0 fully saturated rings. The van der Waals surface area contributed by atoms with Crippen molar-refractivity contribution < 1.29 is 0 Å². The van der Waals surface area contributed by atoms with E-state index in [1.165, 1.54) is 5.56 Å². The Bertz CT molecular complexity index is 506. The lowest BCUT2D eigenvalue weighted by molar-refractivity contribution is 0.799. The summed E-state index contributed by atoms with van der Waals surface area (Å²) >= 11 is 0. The molecule has 0 spiro atoms. The van der Waals surface area contributed by atoms with Crippen LogP contribution in [-0.4, -0.2) is 21.1 Å². The third-order valence-corrected chi connectivity index (χ3v) is 2.45. The van der Waals surface area contributed by atoms with Gasteiger partial charge < -0.3 is 0 Å². The first-order valence-corrected chi connectivity index (χ1v) is 5.17. The zero-order valence-electron chi connectivity index (χ0n) is 9.68. The molecule has 0 aliphatic carbocycles. The van der Waals surface area contributed by atoms with Crippen LogP contribution in [-0.2, 0) is 0 Å². The molecule has 0 amide bonds. The average Bonchev–Trinajstić information content (AvgIpc) is 2.58. The Hall–Kier alpha value is -1.97. The fraction of sp³-hybridized carbons (Fsp3) is 0.250. The Balaban J connectivity index is 2.32. The van der Waals surface area contributed by atoms with E-state index in [-0.39, 0.29) is 0 Å². The van der Waals surface area contributed by atoms with E-state index in [4.69, 9.17) is 0 Å². The molecule has 0 radical (unpaired) electrons. The maximum absolute atomic E-state index is 4.36. The lowest BCUT2D eigenvalue weighted by Gasteiger charge is -1.99. The van der Waals surface area contributed by atoms with Crippen LogP contribution in [0, 0.1) is 20.8 Å². The standard InChI is InChI=1S/C12H14N4/c1-9-6-4-5-7-12(9)8-13-16-10(2)14-15-11(16)3/h4-8H,1-3H3. The van der Waals surface area contributed by atoms with Crippen LogP contribution in [0.3, 0.4) is 0 Å². The van der Waals surface area contributed by atoms with Crippen LogP contribution in [0.2, 0.25) is 0 Å². The van der Waals surface area contributed by atoms with Crippen LogP contribution in [0.4, 0.5) is 0 Å². The first-order valence-electron chi connectivity index (χ1n) is 5.17. The summed E-state index contributed by atoms with van der Waals surface area (Å²) in [5, 5.41) is 12.3. The fourth-order valence-electron chi connectivity index (χ4n) is 1.48. The Kier molecular flexibility index (Phi) is 2.81. The maximum atomic E-state index is 4.36. The highest BCUT2D eigenvalue weighted by Gasteiger charge is 2.01. The summed E-state index contributed by atoms with van der Waals surface area (Å²) in [4.78, 5) is 0. The molecule has 1 heterocycles. The van der Waals surface area contributed by atoms with Gasteiger partial charge in [-0.15, -0.1) is 10.2 Å². The van der Waals surface area contributed by atoms with Crippen molar-refractivity contribution in [3.8, 4) is 0 Å². The summed E-state index contributed by atoms with van der Waals surface area (Å²) in [6, 6.07) is 8.11. The predicted molar refractivity (Wildman–Crippen MR) is 63.7 cm³/mol. The summed E-state index contributed by atoms with van der Waals surface area (Å²) in [7, 11) is 0. The van der Waals surface area contributed by atoms with Crippen molar-refractivity contribution in [2.45, 2.75) is 20.8 Å². The highest BCUT2D eigenvalue weighted by atomic mass is 15.4. The molecular formula is C12H14N4. The summed E-state index contributed by atoms with van der Waals surface area (Å²) in [6.07, 6.45) is 1.83. The Morgan fingerprint density at radius 1 is 1.06 bits per heavy atom. The lowest BCUT2D eigenvalue weighted by atomic mass is 10.1. The molecule has 2 rings (SSSR count). The number of aryl methyl sites for hydroxylation is 3. The van der Waals surface area contributed by atoms with Crippen LogP contribution in [0.1, 0.15) is 22.8 Å². The number of hydrogen-bond acceptors (Lipinski definition) is 3. The quantitative estimate of drug-likeness (QED) is 0.718. The first kappa shape index (κ1) is 10.5. The van der Waals surface area contributed by atoms with Gasteiger partial charge in [0.15, 0.2) is 11.6 Å². The van der Waals surface area contributed by atoms with E-state index in [2.05, 4.69) is 28.3 Å². The molecule has 1 aromatic heterocycles. The van der Waals surface area contributed by atoms with E-state index in [0.717, 1.165) is 17.2 Å². The van der Waals surface area contributed by atoms with Crippen molar-refractivity contribution in [1.29, 1.82) is 0 Å². The first-order chi connectivity index (χ1) is 7.68. The number of rotatable bonds is 2. The number of benzene rings is 1. The van der Waals surface area contributed by atoms with Crippen molar-refractivity contribution >= 4 is 6.21 Å². The van der Waals surface area contributed by atoms with Crippen LogP contribution in [0.25, 0.3) is 0 Å². The molecule has 1 aromatic carbocycles. The van der Waals surface area contributed by atoms with Crippen molar-refractivity contribution in [1.82, 2.24) is 14.9 Å². The number of aromatic nitrogens is 3. The zero-order chi connectivity index (χ0) is 11.5. The molecule has 4 nitrogen and oxygen atoms in total. The molecule has 4 heteroatoms. The number of nitrogens with zero attached hydrogens (tertiary/aromatic N) is 4. The van der Waals surface area contributed by atoms with Crippen molar-refractivity contribution in [2.24, 2.45) is 5.10 Å². The molecule has 0 bridgehead atoms. The second-order valence-electron chi connectivity index (χ2n) is 3.71. The van der Waals surface area contributed by atoms with E-state index >= 15 is 0 Å². The molecule has 2 aromatic rings. The molecule has 0 saturated carbocycles. The minimum atomic E-state index is 0.794. The summed E-state index contributed by atoms with van der Waals surface area (Å²) in [5.74, 6) is 1.59. The van der Waals surface area contributed by atoms with Gasteiger partial charge >= 0.3 is 0 Å². The van der Waals surface area contributed by atoms with Crippen LogP contribution >= 0.6 is 0 Å². The van der Waals surface area contributed by atoms with Gasteiger partial charge in [-0.2, -0.15) is 5.10 Å². The SMILES string of the molecule is Cc1ccccc1C=Nn1c(C)nnc1C. The van der Waals surface area contributed by atoms with Gasteiger partial charge in [0.2, 0.25) is 0 Å². The molecule has 0 saturated heterocycles. The topological polar surface area (TPSA) is 43.1 Å². The molecule has 0 aliphatic rings. The normalized spacial score (nSPS) is 11.2. The van der Waals surface area contributed by atoms with Gasteiger partial charge in [-0.3, -0.25) is 0 Å². The largest absolute Gasteiger partial charge is 0.202 e. The van der Waals surface area contributed by atoms with E-state index in [9.17, 15) is 0 Å². The molecule has 0 unspecified atom stereocenters. The average molecular weight is 214 g/mol. The highest BCUT2D eigenvalue weighted by molar-refractivity contribution is 5.81. The fourth-order valence-corrected chi connectivity index (χ4v) is 1.48. The maximum Gasteiger partial charge on any atom is 0.151 e. The van der Waals surface area contributed by atoms with Gasteiger partial charge in [0.1, 0.15) is 0 Å². The second-order valence-corrected chi connectivity index (χ2v) is 3.71. The van der Waals surface area contributed by atoms with E-state index in [1.807, 2.05) is 38.3 Å². The third-order valence-electron chi connectivity index (χ3n) is 2.45. The molecule has 16 heavy (non-hydrogen) atoms. The zero-order valence-corrected chi connectivity index (χ0v) is 9.68. The van der Waals surface area contributed by atoms with Crippen LogP contribution in [0.5, 0.6) is 0 Å². The molecular weight excluding hydrogens is 200 g/mol. The minimum absolute atomic E-state index is 0.794. The minimum Gasteiger partial charge on any atom is -0.202 e. The molecule has 0 atom stereocenters. The predicted octanol–water partition coefficient (Wildman–Crippen LogP) is 2.09. The summed E-state index contributed by atoms with van der Waals surface area (Å²) in [5.41, 5.74) is 2.31. The number of hydrogen-bond donors (Lipinski definition) is 0. The smallest absolute Gasteiger partial charge is 0.151 e. The Labute approximate surface area is 94.6 Å². The van der Waals surface area contributed by atoms with E-state index in [0.29, 0.717) is 0 Å². The summed E-state index contributed by atoms with van der Waals surface area (Å²) < 4.78 is 1.73. The van der Waals surface area contributed by atoms with Crippen molar-refractivity contribution in [3.05, 3.63) is 47.0 Å². The van der Waals surface area contributed by atoms with Crippen LogP contribution in [0.15, 0.2) is 29.4 Å². The van der Waals surface area contributed by atoms with Gasteiger partial charge in [0.25, 0.3) is 0 Å². The van der Waals surface area contributed by atoms with Gasteiger partial charge in [-0.1, -0.05) is 24.3 Å². The van der Waals surface area contributed by atoms with Crippen molar-refractivity contribution in [2.75, 3.05) is 0 Å². The lowest BCUT2D eigenvalue weighted by Crippen LogP contribution is -1.97. The Morgan fingerprint density at radius 2 is 1.69 bits per heavy atom. The third kappa shape index (κ3) is 2.00. The highest BCUT2D eigenvalue weighted by Crippen LogP contribution is 2.05. The molecule has 0 N–H and O–H groups in total. The second kappa shape index (κ2) is 4.26. The Morgan fingerprint density at radius 3 is 2.31 bits per heavy atom.